The number of nitrogens with zero attached hydrogens (tertiary/aromatic N) is 4. The van der Waals surface area contributed by atoms with Crippen LogP contribution in [0.15, 0.2) is 41.6 Å². The van der Waals surface area contributed by atoms with Gasteiger partial charge < -0.3 is 0 Å². The summed E-state index contributed by atoms with van der Waals surface area (Å²) in [5, 5.41) is 18.4. The number of aromatic nitrogens is 5. The zero-order chi connectivity index (χ0) is 18.0. The van der Waals surface area contributed by atoms with Crippen LogP contribution in [0.4, 0.5) is 0 Å². The van der Waals surface area contributed by atoms with Crippen LogP contribution in [0.2, 0.25) is 0 Å². The number of sulfonamides is 1. The quantitative estimate of drug-likeness (QED) is 0.683. The molecule has 3 aromatic rings. The number of carbonyl (C=O) groups excluding carboxylic acids is 1. The van der Waals surface area contributed by atoms with Crippen molar-refractivity contribution in [1.29, 1.82) is 0 Å². The Bertz CT molecular complexity index is 1010. The van der Waals surface area contributed by atoms with Gasteiger partial charge in [-0.1, -0.05) is 24.3 Å². The summed E-state index contributed by atoms with van der Waals surface area (Å²) in [4.78, 5) is 15.1. The molecular weight excluding hydrogens is 344 g/mol. The molecule has 0 radical (unpaired) electrons. The second kappa shape index (κ2) is 6.49. The Morgan fingerprint density at radius 2 is 1.92 bits per heavy atom. The molecule has 0 aliphatic heterocycles. The van der Waals surface area contributed by atoms with Crippen LogP contribution in [0.3, 0.4) is 0 Å². The number of Topliss-reactive ketones (excluding diaryl/α,β-unsaturated/α-hetero) is 1. The molecule has 0 bridgehead atoms. The topological polar surface area (TPSA) is 145 Å². The van der Waals surface area contributed by atoms with Crippen molar-refractivity contribution in [2.75, 3.05) is 0 Å². The second-order valence-electron chi connectivity index (χ2n) is 5.39. The van der Waals surface area contributed by atoms with Gasteiger partial charge in [0, 0.05) is 12.6 Å². The number of hydrogen-bond acceptors (Lipinski definition) is 7. The van der Waals surface area contributed by atoms with E-state index in [1.54, 1.807) is 30.3 Å². The van der Waals surface area contributed by atoms with Crippen molar-refractivity contribution in [3.8, 4) is 22.5 Å². The van der Waals surface area contributed by atoms with E-state index in [-0.39, 0.29) is 22.2 Å². The maximum absolute atomic E-state index is 11.9. The molecule has 0 saturated heterocycles. The number of pyridine rings is 1. The molecule has 3 rings (SSSR count). The van der Waals surface area contributed by atoms with Crippen molar-refractivity contribution in [2.45, 2.75) is 18.4 Å². The summed E-state index contributed by atoms with van der Waals surface area (Å²) in [5.74, 6) is 0.126. The molecule has 128 valence electrons. The average Bonchev–Trinajstić information content (AvgIpc) is 3.08. The van der Waals surface area contributed by atoms with E-state index in [0.717, 1.165) is 5.56 Å². The lowest BCUT2D eigenvalue weighted by Gasteiger charge is -2.10. The molecule has 2 aromatic heterocycles. The van der Waals surface area contributed by atoms with Crippen LogP contribution in [0.25, 0.3) is 22.5 Å². The summed E-state index contributed by atoms with van der Waals surface area (Å²) >= 11 is 0. The summed E-state index contributed by atoms with van der Waals surface area (Å²) in [6.45, 7) is 1.52. The number of nitrogens with one attached hydrogen (secondary N) is 1. The third-order valence-electron chi connectivity index (χ3n) is 3.47. The molecule has 3 N–H and O–H groups in total. The highest BCUT2D eigenvalue weighted by atomic mass is 32.2. The van der Waals surface area contributed by atoms with Crippen LogP contribution in [0.5, 0.6) is 0 Å². The number of aromatic amines is 1. The second-order valence-corrected chi connectivity index (χ2v) is 6.87. The van der Waals surface area contributed by atoms with Crippen LogP contribution in [0, 0.1) is 0 Å². The first kappa shape index (κ1) is 16.9. The van der Waals surface area contributed by atoms with Crippen molar-refractivity contribution in [3.05, 3.63) is 42.1 Å². The molecule has 9 nitrogen and oxygen atoms in total. The van der Waals surface area contributed by atoms with Crippen LogP contribution in [0.1, 0.15) is 12.5 Å². The summed E-state index contributed by atoms with van der Waals surface area (Å²) in [6, 6.07) is 8.80. The molecule has 0 saturated carbocycles. The molecule has 0 amide bonds. The summed E-state index contributed by atoms with van der Waals surface area (Å²) in [7, 11) is -4.09. The largest absolute Gasteiger partial charge is 0.300 e. The number of tetrazole rings is 1. The van der Waals surface area contributed by atoms with E-state index >= 15 is 0 Å². The minimum Gasteiger partial charge on any atom is -0.300 e. The molecule has 0 atom stereocenters. The molecular formula is C15H14N6O3S. The molecule has 2 heterocycles. The van der Waals surface area contributed by atoms with Crippen LogP contribution in [-0.2, 0) is 21.2 Å². The Morgan fingerprint density at radius 3 is 2.48 bits per heavy atom. The molecule has 0 spiro atoms. The number of ketones is 1. The molecule has 0 aliphatic carbocycles. The zero-order valence-electron chi connectivity index (χ0n) is 13.2. The highest BCUT2D eigenvalue weighted by molar-refractivity contribution is 7.89. The van der Waals surface area contributed by atoms with Gasteiger partial charge in [-0.15, -0.1) is 10.2 Å². The Balaban J connectivity index is 2.18. The number of nitrogens with two attached hydrogens (primary N) is 1. The highest BCUT2D eigenvalue weighted by Crippen LogP contribution is 2.33. The lowest BCUT2D eigenvalue weighted by atomic mass is 9.99. The van der Waals surface area contributed by atoms with Gasteiger partial charge in [0.05, 0.1) is 5.56 Å². The van der Waals surface area contributed by atoms with Gasteiger partial charge in [0.25, 0.3) is 10.0 Å². The van der Waals surface area contributed by atoms with Gasteiger partial charge in [-0.2, -0.15) is 5.21 Å². The van der Waals surface area contributed by atoms with Gasteiger partial charge in [0.15, 0.2) is 5.03 Å². The van der Waals surface area contributed by atoms with Crippen LogP contribution in [-0.4, -0.2) is 39.8 Å². The monoisotopic (exact) mass is 358 g/mol. The third kappa shape index (κ3) is 3.59. The predicted octanol–water partition coefficient (Wildman–Crippen LogP) is 0.708. The number of primary sulfonamides is 1. The van der Waals surface area contributed by atoms with Gasteiger partial charge in [-0.3, -0.25) is 4.79 Å². The van der Waals surface area contributed by atoms with Gasteiger partial charge in [-0.05, 0) is 34.9 Å². The smallest absolute Gasteiger partial charge is 0.256 e. The molecule has 0 unspecified atom stereocenters. The van der Waals surface area contributed by atoms with E-state index in [0.29, 0.717) is 17.5 Å². The summed E-state index contributed by atoms with van der Waals surface area (Å²) in [5.41, 5.74) is 2.27. The SMILES string of the molecule is CC(=O)Cc1ccc(-c2ccnc(S(N)(=O)=O)c2-c2nn[nH]n2)cc1. The fraction of sp³-hybridized carbons (Fsp3) is 0.133. The standard InChI is InChI=1S/C15H14N6O3S/c1-9(22)8-10-2-4-11(5-3-10)12-6-7-17-15(25(16,23)24)13(12)14-18-20-21-19-14/h2-7H,8H2,1H3,(H2,16,23,24)(H,18,19,20,21). The molecule has 0 aliphatic rings. The maximum atomic E-state index is 11.9. The van der Waals surface area contributed by atoms with E-state index in [2.05, 4.69) is 25.6 Å². The minimum atomic E-state index is -4.09. The lowest BCUT2D eigenvalue weighted by Crippen LogP contribution is -2.16. The van der Waals surface area contributed by atoms with Crippen molar-refractivity contribution in [2.24, 2.45) is 5.14 Å². The Labute approximate surface area is 143 Å². The Morgan fingerprint density at radius 1 is 1.20 bits per heavy atom. The molecule has 1 aromatic carbocycles. The first-order chi connectivity index (χ1) is 11.9. The minimum absolute atomic E-state index is 0.0562. The van der Waals surface area contributed by atoms with Gasteiger partial charge in [0.1, 0.15) is 5.78 Å². The lowest BCUT2D eigenvalue weighted by molar-refractivity contribution is -0.116. The Hall–Kier alpha value is -2.98. The maximum Gasteiger partial charge on any atom is 0.256 e. The van der Waals surface area contributed by atoms with Gasteiger partial charge >= 0.3 is 0 Å². The number of hydrogen-bond donors (Lipinski definition) is 2. The zero-order valence-corrected chi connectivity index (χ0v) is 14.0. The number of rotatable bonds is 5. The van der Waals surface area contributed by atoms with E-state index < -0.39 is 10.0 Å². The van der Waals surface area contributed by atoms with Gasteiger partial charge in [0.2, 0.25) is 5.82 Å². The fourth-order valence-electron chi connectivity index (χ4n) is 2.47. The number of carbonyl (C=O) groups is 1. The van der Waals surface area contributed by atoms with E-state index in [1.165, 1.54) is 13.1 Å². The summed E-state index contributed by atoms with van der Waals surface area (Å²) < 4.78 is 23.8. The highest BCUT2D eigenvalue weighted by Gasteiger charge is 2.24. The molecule has 10 heteroatoms. The fourth-order valence-corrected chi connectivity index (χ4v) is 3.17. The van der Waals surface area contributed by atoms with Gasteiger partial charge in [-0.25, -0.2) is 18.5 Å². The van der Waals surface area contributed by atoms with Crippen molar-refractivity contribution in [1.82, 2.24) is 25.6 Å². The third-order valence-corrected chi connectivity index (χ3v) is 4.32. The normalized spacial score (nSPS) is 11.4. The average molecular weight is 358 g/mol. The first-order valence-corrected chi connectivity index (χ1v) is 8.75. The van der Waals surface area contributed by atoms with E-state index in [9.17, 15) is 13.2 Å². The van der Waals surface area contributed by atoms with Crippen molar-refractivity contribution < 1.29 is 13.2 Å². The van der Waals surface area contributed by atoms with Crippen molar-refractivity contribution in [3.63, 3.8) is 0 Å². The molecule has 25 heavy (non-hydrogen) atoms. The number of benzene rings is 1. The molecule has 0 fully saturated rings. The Kier molecular flexibility index (Phi) is 4.38. The van der Waals surface area contributed by atoms with E-state index in [1.807, 2.05) is 0 Å². The van der Waals surface area contributed by atoms with E-state index in [4.69, 9.17) is 5.14 Å². The van der Waals surface area contributed by atoms with Crippen molar-refractivity contribution >= 4 is 15.8 Å². The predicted molar refractivity (Wildman–Crippen MR) is 88.6 cm³/mol. The van der Waals surface area contributed by atoms with Crippen LogP contribution < -0.4 is 5.14 Å². The first-order valence-electron chi connectivity index (χ1n) is 7.20. The number of H-pyrrole nitrogens is 1. The summed E-state index contributed by atoms with van der Waals surface area (Å²) in [6.07, 6.45) is 1.68. The van der Waals surface area contributed by atoms with Crippen LogP contribution >= 0.6 is 0 Å².